The van der Waals surface area contributed by atoms with E-state index in [1.807, 2.05) is 0 Å². The van der Waals surface area contributed by atoms with Crippen molar-refractivity contribution in [2.75, 3.05) is 13.2 Å². The zero-order valence-corrected chi connectivity index (χ0v) is 42.8. The summed E-state index contributed by atoms with van der Waals surface area (Å²) in [5.41, 5.74) is 0. The van der Waals surface area contributed by atoms with Crippen molar-refractivity contribution in [3.63, 3.8) is 0 Å². The van der Waals surface area contributed by atoms with Gasteiger partial charge in [0.05, 0.1) is 25.4 Å². The van der Waals surface area contributed by atoms with Crippen LogP contribution < -0.4 is 5.32 Å². The largest absolute Gasteiger partial charge is 0.466 e. The van der Waals surface area contributed by atoms with Crippen LogP contribution in [0.1, 0.15) is 328 Å². The summed E-state index contributed by atoms with van der Waals surface area (Å²) in [5.74, 6) is -0.0777. The van der Waals surface area contributed by atoms with Gasteiger partial charge in [-0.05, 0) is 25.7 Å². The van der Waals surface area contributed by atoms with E-state index in [1.54, 1.807) is 0 Å². The molecule has 0 spiro atoms. The van der Waals surface area contributed by atoms with Gasteiger partial charge in [0.1, 0.15) is 0 Å². The highest BCUT2D eigenvalue weighted by molar-refractivity contribution is 5.76. The molecule has 376 valence electrons. The van der Waals surface area contributed by atoms with E-state index in [2.05, 4.69) is 19.2 Å². The summed E-state index contributed by atoms with van der Waals surface area (Å²) in [6.45, 7) is 4.92. The third kappa shape index (κ3) is 50.1. The van der Waals surface area contributed by atoms with Crippen molar-refractivity contribution in [2.24, 2.45) is 0 Å². The van der Waals surface area contributed by atoms with Crippen LogP contribution >= 0.6 is 0 Å². The molecule has 0 radical (unpaired) electrons. The predicted octanol–water partition coefficient (Wildman–Crippen LogP) is 17.5. The van der Waals surface area contributed by atoms with Crippen LogP contribution in [0.2, 0.25) is 0 Å². The van der Waals surface area contributed by atoms with Crippen molar-refractivity contribution in [3.05, 3.63) is 0 Å². The summed E-state index contributed by atoms with van der Waals surface area (Å²) in [7, 11) is 0. The first-order valence-electron chi connectivity index (χ1n) is 28.8. The fraction of sp³-hybridized carbons (Fsp3) is 0.965. The second kappa shape index (κ2) is 53.5. The lowest BCUT2D eigenvalue weighted by Gasteiger charge is -2.22. The molecule has 0 aliphatic rings. The third-order valence-corrected chi connectivity index (χ3v) is 13.7. The molecule has 0 saturated heterocycles. The first-order valence-corrected chi connectivity index (χ1v) is 28.8. The van der Waals surface area contributed by atoms with E-state index in [4.69, 9.17) is 4.74 Å². The number of nitrogens with one attached hydrogen (secondary N) is 1. The molecule has 0 rings (SSSR count). The molecule has 1 amide bonds. The van der Waals surface area contributed by atoms with Crippen LogP contribution in [0.5, 0.6) is 0 Å². The summed E-state index contributed by atoms with van der Waals surface area (Å²) < 4.78 is 5.47. The summed E-state index contributed by atoms with van der Waals surface area (Å²) >= 11 is 0. The van der Waals surface area contributed by atoms with Crippen LogP contribution in [0.4, 0.5) is 0 Å². The average Bonchev–Trinajstić information content (AvgIpc) is 3.28. The number of carbonyl (C=O) groups is 2. The van der Waals surface area contributed by atoms with Crippen molar-refractivity contribution in [3.8, 4) is 0 Å². The second-order valence-electron chi connectivity index (χ2n) is 20.0. The van der Waals surface area contributed by atoms with Gasteiger partial charge >= 0.3 is 5.97 Å². The van der Waals surface area contributed by atoms with Crippen LogP contribution in [0.3, 0.4) is 0 Å². The van der Waals surface area contributed by atoms with Gasteiger partial charge in [-0.1, -0.05) is 290 Å². The number of hydrogen-bond acceptors (Lipinski definition) is 5. The van der Waals surface area contributed by atoms with E-state index in [9.17, 15) is 19.8 Å². The minimum Gasteiger partial charge on any atom is -0.466 e. The maximum Gasteiger partial charge on any atom is 0.305 e. The van der Waals surface area contributed by atoms with E-state index in [0.717, 1.165) is 57.8 Å². The highest BCUT2D eigenvalue weighted by Gasteiger charge is 2.20. The van der Waals surface area contributed by atoms with Gasteiger partial charge in [-0.3, -0.25) is 9.59 Å². The van der Waals surface area contributed by atoms with Crippen LogP contribution in [-0.4, -0.2) is 47.4 Å². The van der Waals surface area contributed by atoms with Crippen molar-refractivity contribution < 1.29 is 24.5 Å². The van der Waals surface area contributed by atoms with Crippen LogP contribution in [0.25, 0.3) is 0 Å². The Hall–Kier alpha value is -1.14. The first-order chi connectivity index (χ1) is 31.0. The van der Waals surface area contributed by atoms with Gasteiger partial charge in [0.15, 0.2) is 0 Å². The monoisotopic (exact) mass is 892 g/mol. The molecular weight excluding hydrogens is 779 g/mol. The van der Waals surface area contributed by atoms with Crippen molar-refractivity contribution in [1.82, 2.24) is 5.32 Å². The van der Waals surface area contributed by atoms with Gasteiger partial charge in [0, 0.05) is 12.8 Å². The fourth-order valence-corrected chi connectivity index (χ4v) is 9.23. The predicted molar refractivity (Wildman–Crippen MR) is 274 cm³/mol. The van der Waals surface area contributed by atoms with Crippen molar-refractivity contribution in [2.45, 2.75) is 341 Å². The lowest BCUT2D eigenvalue weighted by atomic mass is 10.0. The van der Waals surface area contributed by atoms with Gasteiger partial charge in [-0.25, -0.2) is 0 Å². The number of amides is 1. The zero-order chi connectivity index (χ0) is 45.8. The Morgan fingerprint density at radius 2 is 0.651 bits per heavy atom. The summed E-state index contributed by atoms with van der Waals surface area (Å²) in [6.07, 6.45) is 60.9. The summed E-state index contributed by atoms with van der Waals surface area (Å²) in [5, 5.41) is 23.3. The van der Waals surface area contributed by atoms with Gasteiger partial charge < -0.3 is 20.3 Å². The Labute approximate surface area is 394 Å². The first kappa shape index (κ1) is 61.9. The molecule has 2 atom stereocenters. The van der Waals surface area contributed by atoms with Gasteiger partial charge in [-0.2, -0.15) is 0 Å². The number of aliphatic hydroxyl groups is 2. The number of hydrogen-bond donors (Lipinski definition) is 3. The Kier molecular flexibility index (Phi) is 52.5. The highest BCUT2D eigenvalue weighted by atomic mass is 16.5. The molecule has 0 aliphatic heterocycles. The molecule has 63 heavy (non-hydrogen) atoms. The van der Waals surface area contributed by atoms with Crippen LogP contribution in [0, 0.1) is 0 Å². The van der Waals surface area contributed by atoms with Crippen molar-refractivity contribution >= 4 is 11.9 Å². The Balaban J connectivity index is 3.45. The standard InChI is InChI=1S/C57H113NO5/c1-3-5-7-9-11-13-15-17-19-21-22-23-24-25-26-28-30-33-37-41-45-49-55(60)54(53-59)58-56(61)50-46-42-38-34-32-36-40-44-48-52-63-57(62)51-47-43-39-35-31-29-27-20-18-16-14-12-10-8-6-4-2/h54-55,59-60H,3-53H2,1-2H3,(H,58,61). The molecule has 0 aliphatic carbocycles. The topological polar surface area (TPSA) is 95.9 Å². The molecule has 0 saturated carbocycles. The lowest BCUT2D eigenvalue weighted by Crippen LogP contribution is -2.45. The normalized spacial score (nSPS) is 12.5. The molecule has 6 nitrogen and oxygen atoms in total. The van der Waals surface area contributed by atoms with E-state index >= 15 is 0 Å². The number of unbranched alkanes of at least 4 members (excludes halogenated alkanes) is 43. The van der Waals surface area contributed by atoms with Crippen molar-refractivity contribution in [1.29, 1.82) is 0 Å². The third-order valence-electron chi connectivity index (χ3n) is 13.7. The second-order valence-corrected chi connectivity index (χ2v) is 20.0. The molecule has 0 aromatic rings. The quantitative estimate of drug-likeness (QED) is 0.0418. The molecule has 0 fully saturated rings. The van der Waals surface area contributed by atoms with E-state index < -0.39 is 12.1 Å². The molecule has 0 aromatic heterocycles. The number of esters is 1. The number of ether oxygens (including phenoxy) is 1. The van der Waals surface area contributed by atoms with Gasteiger partial charge in [-0.15, -0.1) is 0 Å². The average molecular weight is 893 g/mol. The minimum absolute atomic E-state index is 0.0200. The van der Waals surface area contributed by atoms with Crippen LogP contribution in [-0.2, 0) is 14.3 Å². The molecule has 3 N–H and O–H groups in total. The number of aliphatic hydroxyl groups excluding tert-OH is 2. The SMILES string of the molecule is CCCCCCCCCCCCCCCCCCCCCCCC(O)C(CO)NC(=O)CCCCCCCCCCCOC(=O)CCCCCCCCCCCCCCCCCC. The lowest BCUT2D eigenvalue weighted by molar-refractivity contribution is -0.143. The molecule has 2 unspecified atom stereocenters. The summed E-state index contributed by atoms with van der Waals surface area (Å²) in [4.78, 5) is 24.6. The van der Waals surface area contributed by atoms with E-state index in [-0.39, 0.29) is 18.5 Å². The minimum atomic E-state index is -0.681. The maximum absolute atomic E-state index is 12.5. The Morgan fingerprint density at radius 1 is 0.381 bits per heavy atom. The zero-order valence-electron chi connectivity index (χ0n) is 42.8. The molecule has 0 heterocycles. The molecule has 6 heteroatoms. The molecule has 0 aromatic carbocycles. The fourth-order valence-electron chi connectivity index (χ4n) is 9.23. The van der Waals surface area contributed by atoms with E-state index in [1.165, 1.54) is 238 Å². The van der Waals surface area contributed by atoms with Gasteiger partial charge in [0.25, 0.3) is 0 Å². The van der Waals surface area contributed by atoms with Gasteiger partial charge in [0.2, 0.25) is 5.91 Å². The Morgan fingerprint density at radius 3 is 0.968 bits per heavy atom. The number of rotatable bonds is 54. The smallest absolute Gasteiger partial charge is 0.305 e. The molecular formula is C57H113NO5. The number of carbonyl (C=O) groups excluding carboxylic acids is 2. The Bertz CT molecular complexity index is 898. The van der Waals surface area contributed by atoms with Crippen LogP contribution in [0.15, 0.2) is 0 Å². The highest BCUT2D eigenvalue weighted by Crippen LogP contribution is 2.18. The summed E-state index contributed by atoms with van der Waals surface area (Å²) in [6, 6.07) is -0.560. The molecule has 0 bridgehead atoms. The van der Waals surface area contributed by atoms with E-state index in [0.29, 0.717) is 25.9 Å². The maximum atomic E-state index is 12.5.